The van der Waals surface area contributed by atoms with Crippen molar-refractivity contribution >= 4 is 34.7 Å². The van der Waals surface area contributed by atoms with Crippen molar-refractivity contribution in [2.24, 2.45) is 5.92 Å². The molecule has 0 aliphatic carbocycles. The number of benzene rings is 1. The van der Waals surface area contributed by atoms with Gasteiger partial charge in [-0.25, -0.2) is 4.98 Å². The van der Waals surface area contributed by atoms with Crippen LogP contribution in [0.5, 0.6) is 0 Å². The molecule has 3 heterocycles. The summed E-state index contributed by atoms with van der Waals surface area (Å²) in [5.74, 6) is -0.0413. The standard InChI is InChI=1S/C19H20N4O3S/c1-10-3-4-12(5-14(10)22-18(25)17-11(2)20-9-27-17)19(26)23-7-13-6-16(24)21-15(13)8-23/h3-5,9,13,15H,6-8H2,1-2H3,(H,21,24)(H,22,25)/t13-,15+/m0/s1. The number of likely N-dealkylation sites (tertiary alicyclic amines) is 1. The highest BCUT2D eigenvalue weighted by atomic mass is 32.1. The Kier molecular flexibility index (Phi) is 4.43. The van der Waals surface area contributed by atoms with E-state index in [1.54, 1.807) is 29.5 Å². The summed E-state index contributed by atoms with van der Waals surface area (Å²) < 4.78 is 0. The highest BCUT2D eigenvalue weighted by Gasteiger charge is 2.41. The van der Waals surface area contributed by atoms with Crippen molar-refractivity contribution in [2.45, 2.75) is 26.3 Å². The fourth-order valence-corrected chi connectivity index (χ4v) is 4.38. The van der Waals surface area contributed by atoms with Gasteiger partial charge in [0.25, 0.3) is 11.8 Å². The van der Waals surface area contributed by atoms with Crippen LogP contribution in [0.15, 0.2) is 23.7 Å². The predicted molar refractivity (Wildman–Crippen MR) is 102 cm³/mol. The van der Waals surface area contributed by atoms with E-state index in [1.165, 1.54) is 11.3 Å². The number of aromatic nitrogens is 1. The summed E-state index contributed by atoms with van der Waals surface area (Å²) in [6.07, 6.45) is 0.484. The monoisotopic (exact) mass is 384 g/mol. The molecule has 2 aliphatic rings. The van der Waals surface area contributed by atoms with Crippen LogP contribution in [0.2, 0.25) is 0 Å². The zero-order valence-corrected chi connectivity index (χ0v) is 15.9. The molecule has 140 valence electrons. The normalized spacial score (nSPS) is 21.1. The number of rotatable bonds is 3. The Morgan fingerprint density at radius 1 is 1.30 bits per heavy atom. The fraction of sp³-hybridized carbons (Fsp3) is 0.368. The molecule has 0 bridgehead atoms. The Morgan fingerprint density at radius 3 is 2.81 bits per heavy atom. The number of carbonyl (C=O) groups is 3. The minimum absolute atomic E-state index is 0.0559. The maximum atomic E-state index is 12.9. The molecule has 2 atom stereocenters. The molecular weight excluding hydrogens is 364 g/mol. The van der Waals surface area contributed by atoms with Gasteiger partial charge in [0.1, 0.15) is 4.88 Å². The van der Waals surface area contributed by atoms with Crippen molar-refractivity contribution in [1.82, 2.24) is 15.2 Å². The van der Waals surface area contributed by atoms with Gasteiger partial charge in [-0.1, -0.05) is 6.07 Å². The lowest BCUT2D eigenvalue weighted by atomic mass is 10.1. The number of fused-ring (bicyclic) bond motifs is 1. The number of nitrogens with one attached hydrogen (secondary N) is 2. The first-order valence-electron chi connectivity index (χ1n) is 8.83. The smallest absolute Gasteiger partial charge is 0.267 e. The van der Waals surface area contributed by atoms with Gasteiger partial charge in [0.15, 0.2) is 0 Å². The Hall–Kier alpha value is -2.74. The van der Waals surface area contributed by atoms with E-state index in [9.17, 15) is 14.4 Å². The van der Waals surface area contributed by atoms with Gasteiger partial charge in [0.2, 0.25) is 5.91 Å². The summed E-state index contributed by atoms with van der Waals surface area (Å²) in [6.45, 7) is 4.79. The molecule has 0 radical (unpaired) electrons. The molecular formula is C19H20N4O3S. The molecule has 2 aromatic rings. The maximum Gasteiger partial charge on any atom is 0.267 e. The van der Waals surface area contributed by atoms with Gasteiger partial charge in [0.05, 0.1) is 17.2 Å². The molecule has 1 aromatic carbocycles. The largest absolute Gasteiger partial charge is 0.351 e. The second kappa shape index (κ2) is 6.77. The number of anilines is 1. The van der Waals surface area contributed by atoms with Crippen LogP contribution >= 0.6 is 11.3 Å². The van der Waals surface area contributed by atoms with Gasteiger partial charge in [-0.15, -0.1) is 11.3 Å². The van der Waals surface area contributed by atoms with Gasteiger partial charge >= 0.3 is 0 Å². The number of aryl methyl sites for hydroxylation is 2. The summed E-state index contributed by atoms with van der Waals surface area (Å²) in [7, 11) is 0. The van der Waals surface area contributed by atoms with Crippen LogP contribution < -0.4 is 10.6 Å². The summed E-state index contributed by atoms with van der Waals surface area (Å²) >= 11 is 1.29. The number of hydrogen-bond acceptors (Lipinski definition) is 5. The third-order valence-electron chi connectivity index (χ3n) is 5.21. The molecule has 0 saturated carbocycles. The summed E-state index contributed by atoms with van der Waals surface area (Å²) in [4.78, 5) is 43.2. The van der Waals surface area contributed by atoms with Crippen LogP contribution in [0.3, 0.4) is 0 Å². The van der Waals surface area contributed by atoms with E-state index < -0.39 is 0 Å². The van der Waals surface area contributed by atoms with Gasteiger partial charge in [-0.05, 0) is 31.5 Å². The summed E-state index contributed by atoms with van der Waals surface area (Å²) in [6, 6.07) is 5.39. The molecule has 4 rings (SSSR count). The average molecular weight is 384 g/mol. The Labute approximate surface area is 160 Å². The van der Waals surface area contributed by atoms with Crippen molar-refractivity contribution < 1.29 is 14.4 Å². The zero-order valence-electron chi connectivity index (χ0n) is 15.1. The minimum Gasteiger partial charge on any atom is -0.351 e. The molecule has 2 fully saturated rings. The van der Waals surface area contributed by atoms with Crippen LogP contribution in [0.4, 0.5) is 5.69 Å². The molecule has 1 aromatic heterocycles. The van der Waals surface area contributed by atoms with Crippen molar-refractivity contribution in [3.63, 3.8) is 0 Å². The molecule has 8 heteroatoms. The lowest BCUT2D eigenvalue weighted by Gasteiger charge is -2.18. The Bertz CT molecular complexity index is 923. The molecule has 2 N–H and O–H groups in total. The van der Waals surface area contributed by atoms with Crippen molar-refractivity contribution in [3.05, 3.63) is 45.4 Å². The van der Waals surface area contributed by atoms with Gasteiger partial charge in [-0.3, -0.25) is 14.4 Å². The third-order valence-corrected chi connectivity index (χ3v) is 6.13. The van der Waals surface area contributed by atoms with E-state index >= 15 is 0 Å². The summed E-state index contributed by atoms with van der Waals surface area (Å²) in [5, 5.41) is 5.81. The number of thiazole rings is 1. The number of amides is 3. The molecule has 2 aliphatic heterocycles. The fourth-order valence-electron chi connectivity index (χ4n) is 3.68. The Morgan fingerprint density at radius 2 is 2.11 bits per heavy atom. The quantitative estimate of drug-likeness (QED) is 0.846. The predicted octanol–water partition coefficient (Wildman–Crippen LogP) is 1.97. The first-order valence-corrected chi connectivity index (χ1v) is 9.71. The number of carbonyl (C=O) groups excluding carboxylic acids is 3. The SMILES string of the molecule is Cc1ccc(C(=O)N2C[C@@H]3CC(=O)N[C@@H]3C2)cc1NC(=O)c1scnc1C. The van der Waals surface area contributed by atoms with Gasteiger partial charge in [0, 0.05) is 36.7 Å². The average Bonchev–Trinajstić information content (AvgIpc) is 3.30. The molecule has 2 saturated heterocycles. The second-order valence-electron chi connectivity index (χ2n) is 7.10. The van der Waals surface area contributed by atoms with Crippen LogP contribution in [0.25, 0.3) is 0 Å². The minimum atomic E-state index is -0.221. The van der Waals surface area contributed by atoms with E-state index in [0.29, 0.717) is 41.3 Å². The highest BCUT2D eigenvalue weighted by Crippen LogP contribution is 2.27. The van der Waals surface area contributed by atoms with E-state index in [2.05, 4.69) is 15.6 Å². The molecule has 27 heavy (non-hydrogen) atoms. The highest BCUT2D eigenvalue weighted by molar-refractivity contribution is 7.12. The van der Waals surface area contributed by atoms with E-state index in [0.717, 1.165) is 5.56 Å². The van der Waals surface area contributed by atoms with Crippen molar-refractivity contribution in [3.8, 4) is 0 Å². The van der Waals surface area contributed by atoms with Crippen molar-refractivity contribution in [1.29, 1.82) is 0 Å². The Balaban J connectivity index is 1.50. The van der Waals surface area contributed by atoms with Crippen LogP contribution in [-0.2, 0) is 4.79 Å². The van der Waals surface area contributed by atoms with Crippen LogP contribution in [0, 0.1) is 19.8 Å². The number of nitrogens with zero attached hydrogens (tertiary/aromatic N) is 2. The lowest BCUT2D eigenvalue weighted by molar-refractivity contribution is -0.119. The first kappa shape index (κ1) is 17.7. The van der Waals surface area contributed by atoms with Crippen LogP contribution in [-0.4, -0.2) is 46.7 Å². The lowest BCUT2D eigenvalue weighted by Crippen LogP contribution is -2.35. The third kappa shape index (κ3) is 3.32. The zero-order chi connectivity index (χ0) is 19.1. The second-order valence-corrected chi connectivity index (χ2v) is 7.95. The number of hydrogen-bond donors (Lipinski definition) is 2. The topological polar surface area (TPSA) is 91.4 Å². The molecule has 0 unspecified atom stereocenters. The maximum absolute atomic E-state index is 12.9. The van der Waals surface area contributed by atoms with E-state index in [1.807, 2.05) is 13.0 Å². The van der Waals surface area contributed by atoms with Crippen molar-refractivity contribution in [2.75, 3.05) is 18.4 Å². The molecule has 7 nitrogen and oxygen atoms in total. The van der Waals surface area contributed by atoms with E-state index in [-0.39, 0.29) is 29.7 Å². The van der Waals surface area contributed by atoms with Crippen LogP contribution in [0.1, 0.15) is 37.7 Å². The van der Waals surface area contributed by atoms with E-state index in [4.69, 9.17) is 0 Å². The first-order chi connectivity index (χ1) is 12.9. The molecule has 0 spiro atoms. The summed E-state index contributed by atoms with van der Waals surface area (Å²) in [5.41, 5.74) is 4.36. The molecule has 3 amide bonds. The van der Waals surface area contributed by atoms with Gasteiger partial charge in [-0.2, -0.15) is 0 Å². The van der Waals surface area contributed by atoms with Gasteiger partial charge < -0.3 is 15.5 Å².